The zero-order chi connectivity index (χ0) is 18.8. The Morgan fingerprint density at radius 1 is 1.19 bits per heavy atom. The van der Waals surface area contributed by atoms with Crippen molar-refractivity contribution in [1.82, 2.24) is 20.4 Å². The summed E-state index contributed by atoms with van der Waals surface area (Å²) >= 11 is 0. The van der Waals surface area contributed by atoms with Gasteiger partial charge in [0.2, 0.25) is 0 Å². The predicted molar refractivity (Wildman–Crippen MR) is 125 cm³/mol. The highest BCUT2D eigenvalue weighted by Crippen LogP contribution is 2.14. The lowest BCUT2D eigenvalue weighted by Crippen LogP contribution is -2.42. The van der Waals surface area contributed by atoms with Gasteiger partial charge in [-0.2, -0.15) is 5.10 Å². The molecular formula is C20H33IN6. The molecule has 0 spiro atoms. The molecule has 1 aromatic heterocycles. The molecule has 2 N–H and O–H groups in total. The third kappa shape index (κ3) is 8.19. The van der Waals surface area contributed by atoms with Gasteiger partial charge in [-0.05, 0) is 50.5 Å². The second kappa shape index (κ2) is 12.6. The Kier molecular flexibility index (Phi) is 10.8. The number of aryl methyl sites for hydroxylation is 3. The van der Waals surface area contributed by atoms with Gasteiger partial charge in [-0.15, -0.1) is 24.0 Å². The molecule has 0 unspecified atom stereocenters. The highest BCUT2D eigenvalue weighted by Gasteiger charge is 2.05. The van der Waals surface area contributed by atoms with E-state index in [4.69, 9.17) is 0 Å². The molecule has 7 heteroatoms. The van der Waals surface area contributed by atoms with Crippen LogP contribution in [0.15, 0.2) is 41.7 Å². The molecule has 6 nitrogen and oxygen atoms in total. The average Bonchev–Trinajstić information content (AvgIpc) is 3.05. The summed E-state index contributed by atoms with van der Waals surface area (Å²) in [7, 11) is 1.81. The highest BCUT2D eigenvalue weighted by molar-refractivity contribution is 14.0. The molecule has 0 aliphatic carbocycles. The first kappa shape index (κ1) is 23.3. The molecule has 27 heavy (non-hydrogen) atoms. The number of rotatable bonds is 9. The topological polar surface area (TPSA) is 57.5 Å². The molecule has 1 aromatic carbocycles. The van der Waals surface area contributed by atoms with E-state index < -0.39 is 0 Å². The maximum atomic E-state index is 4.30. The Labute approximate surface area is 180 Å². The smallest absolute Gasteiger partial charge is 0.191 e. The number of guanidine groups is 1. The van der Waals surface area contributed by atoms with E-state index in [1.165, 1.54) is 16.8 Å². The summed E-state index contributed by atoms with van der Waals surface area (Å²) in [5, 5.41) is 11.1. The van der Waals surface area contributed by atoms with Crippen molar-refractivity contribution in [3.8, 4) is 0 Å². The molecule has 0 radical (unpaired) electrons. The molecular weight excluding hydrogens is 451 g/mol. The summed E-state index contributed by atoms with van der Waals surface area (Å²) in [5.41, 5.74) is 3.76. The summed E-state index contributed by atoms with van der Waals surface area (Å²) in [6.45, 7) is 10.9. The van der Waals surface area contributed by atoms with Crippen molar-refractivity contribution in [2.75, 3.05) is 38.1 Å². The number of aliphatic imine (C=N–C) groups is 1. The van der Waals surface area contributed by atoms with E-state index in [2.05, 4.69) is 76.9 Å². The van der Waals surface area contributed by atoms with Crippen LogP contribution in [0, 0.1) is 13.8 Å². The van der Waals surface area contributed by atoms with Crippen LogP contribution in [0.4, 0.5) is 5.69 Å². The Bertz CT molecular complexity index is 697. The summed E-state index contributed by atoms with van der Waals surface area (Å²) < 4.78 is 1.98. The van der Waals surface area contributed by atoms with Crippen molar-refractivity contribution in [3.63, 3.8) is 0 Å². The molecule has 150 valence electrons. The molecule has 0 fully saturated rings. The van der Waals surface area contributed by atoms with Crippen LogP contribution >= 0.6 is 24.0 Å². The quantitative estimate of drug-likeness (QED) is 0.249. The Hall–Kier alpha value is -1.77. The van der Waals surface area contributed by atoms with Crippen molar-refractivity contribution < 1.29 is 0 Å². The van der Waals surface area contributed by atoms with Gasteiger partial charge in [0.1, 0.15) is 0 Å². The average molecular weight is 484 g/mol. The fourth-order valence-electron chi connectivity index (χ4n) is 2.86. The summed E-state index contributed by atoms with van der Waals surface area (Å²) in [5.74, 6) is 0.849. The van der Waals surface area contributed by atoms with Gasteiger partial charge in [0, 0.05) is 51.7 Å². The lowest BCUT2D eigenvalue weighted by Gasteiger charge is -2.24. The van der Waals surface area contributed by atoms with Gasteiger partial charge in [-0.25, -0.2) is 0 Å². The molecule has 0 saturated carbocycles. The van der Waals surface area contributed by atoms with Crippen LogP contribution in [-0.4, -0.2) is 49.0 Å². The van der Waals surface area contributed by atoms with Gasteiger partial charge in [-0.3, -0.25) is 9.67 Å². The lowest BCUT2D eigenvalue weighted by atomic mass is 10.2. The zero-order valence-electron chi connectivity index (χ0n) is 16.9. The minimum Gasteiger partial charge on any atom is -0.370 e. The number of hydrogen-bond acceptors (Lipinski definition) is 3. The van der Waals surface area contributed by atoms with Gasteiger partial charge in [0.15, 0.2) is 5.96 Å². The Morgan fingerprint density at radius 3 is 2.59 bits per heavy atom. The van der Waals surface area contributed by atoms with Crippen LogP contribution in [-0.2, 0) is 6.54 Å². The van der Waals surface area contributed by atoms with Gasteiger partial charge in [0.25, 0.3) is 0 Å². The number of halogens is 1. The van der Waals surface area contributed by atoms with Crippen LogP contribution in [0.5, 0.6) is 0 Å². The molecule has 0 bridgehead atoms. The van der Waals surface area contributed by atoms with Crippen LogP contribution < -0.4 is 15.5 Å². The molecule has 0 saturated heterocycles. The van der Waals surface area contributed by atoms with E-state index in [0.717, 1.165) is 45.1 Å². The number of nitrogens with one attached hydrogen (secondary N) is 2. The molecule has 2 rings (SSSR count). The maximum Gasteiger partial charge on any atom is 0.191 e. The minimum atomic E-state index is 0. The third-order valence-corrected chi connectivity index (χ3v) is 4.27. The highest BCUT2D eigenvalue weighted by atomic mass is 127. The normalized spacial score (nSPS) is 11.0. The number of aromatic nitrogens is 2. The van der Waals surface area contributed by atoms with E-state index in [1.54, 1.807) is 0 Å². The second-order valence-electron chi connectivity index (χ2n) is 6.48. The van der Waals surface area contributed by atoms with Crippen molar-refractivity contribution in [2.24, 2.45) is 4.99 Å². The molecule has 2 aromatic rings. The van der Waals surface area contributed by atoms with Crippen molar-refractivity contribution in [3.05, 3.63) is 47.8 Å². The fraction of sp³-hybridized carbons (Fsp3) is 0.500. The fourth-order valence-corrected chi connectivity index (χ4v) is 2.86. The SMILES string of the molecule is CCN(CCNC(=NC)NCCCn1cc(C)cn1)c1cccc(C)c1.I. The van der Waals surface area contributed by atoms with Crippen LogP contribution in [0.25, 0.3) is 0 Å². The van der Waals surface area contributed by atoms with E-state index in [-0.39, 0.29) is 24.0 Å². The number of likely N-dealkylation sites (N-methyl/N-ethyl adjacent to an activating group) is 1. The summed E-state index contributed by atoms with van der Waals surface area (Å²) in [4.78, 5) is 6.67. The molecule has 1 heterocycles. The van der Waals surface area contributed by atoms with Gasteiger partial charge >= 0.3 is 0 Å². The van der Waals surface area contributed by atoms with E-state index in [0.29, 0.717) is 0 Å². The first-order chi connectivity index (χ1) is 12.6. The number of hydrogen-bond donors (Lipinski definition) is 2. The van der Waals surface area contributed by atoms with Crippen molar-refractivity contribution in [2.45, 2.75) is 33.7 Å². The standard InChI is InChI=1S/C20H32N6.HI/c1-5-25(19-9-6-8-17(2)14-19)13-11-23-20(21-4)22-10-7-12-26-16-18(3)15-24-26;/h6,8-9,14-16H,5,7,10-13H2,1-4H3,(H2,21,22,23);1H. The Morgan fingerprint density at radius 2 is 1.96 bits per heavy atom. The largest absolute Gasteiger partial charge is 0.370 e. The van der Waals surface area contributed by atoms with Crippen LogP contribution in [0.1, 0.15) is 24.5 Å². The monoisotopic (exact) mass is 484 g/mol. The number of benzene rings is 1. The van der Waals surface area contributed by atoms with E-state index in [1.807, 2.05) is 17.9 Å². The maximum absolute atomic E-state index is 4.30. The zero-order valence-corrected chi connectivity index (χ0v) is 19.2. The molecule has 0 aliphatic rings. The number of anilines is 1. The predicted octanol–water partition coefficient (Wildman–Crippen LogP) is 3.20. The van der Waals surface area contributed by atoms with Crippen molar-refractivity contribution in [1.29, 1.82) is 0 Å². The van der Waals surface area contributed by atoms with Gasteiger partial charge in [-0.1, -0.05) is 12.1 Å². The number of nitrogens with zero attached hydrogens (tertiary/aromatic N) is 4. The van der Waals surface area contributed by atoms with Crippen LogP contribution in [0.2, 0.25) is 0 Å². The van der Waals surface area contributed by atoms with Crippen molar-refractivity contribution >= 4 is 35.6 Å². The Balaban J connectivity index is 0.00000364. The first-order valence-electron chi connectivity index (χ1n) is 9.37. The summed E-state index contributed by atoms with van der Waals surface area (Å²) in [6, 6.07) is 8.64. The van der Waals surface area contributed by atoms with Gasteiger partial charge < -0.3 is 15.5 Å². The van der Waals surface area contributed by atoms with E-state index >= 15 is 0 Å². The van der Waals surface area contributed by atoms with Crippen LogP contribution in [0.3, 0.4) is 0 Å². The third-order valence-electron chi connectivity index (χ3n) is 4.27. The minimum absolute atomic E-state index is 0. The lowest BCUT2D eigenvalue weighted by molar-refractivity contribution is 0.570. The first-order valence-corrected chi connectivity index (χ1v) is 9.37. The second-order valence-corrected chi connectivity index (χ2v) is 6.48. The molecule has 0 amide bonds. The summed E-state index contributed by atoms with van der Waals surface area (Å²) in [6.07, 6.45) is 4.96. The molecule has 0 aliphatic heterocycles. The van der Waals surface area contributed by atoms with Gasteiger partial charge in [0.05, 0.1) is 6.20 Å². The molecule has 0 atom stereocenters. The van der Waals surface area contributed by atoms with E-state index in [9.17, 15) is 0 Å².